The third kappa shape index (κ3) is 1.53. The quantitative estimate of drug-likeness (QED) is 0.721. The van der Waals surface area contributed by atoms with E-state index in [1.54, 1.807) is 0 Å². The first-order chi connectivity index (χ1) is 6.58. The second kappa shape index (κ2) is 2.94. The van der Waals surface area contributed by atoms with Gasteiger partial charge in [-0.1, -0.05) is 6.92 Å². The molecule has 1 aliphatic carbocycles. The average Bonchev–Trinajstić information content (AvgIpc) is 2.81. The molecule has 1 saturated carbocycles. The minimum absolute atomic E-state index is 0.178. The van der Waals surface area contributed by atoms with Crippen molar-refractivity contribution in [3.63, 3.8) is 0 Å². The zero-order valence-corrected chi connectivity index (χ0v) is 7.65. The smallest absolute Gasteiger partial charge is 0.354 e. The lowest BCUT2D eigenvalue weighted by Crippen LogP contribution is -2.15. The van der Waals surface area contributed by atoms with Crippen LogP contribution in [0.3, 0.4) is 0 Å². The molecule has 14 heavy (non-hydrogen) atoms. The van der Waals surface area contributed by atoms with Crippen LogP contribution in [0.25, 0.3) is 0 Å². The van der Waals surface area contributed by atoms with Crippen LogP contribution in [-0.4, -0.2) is 21.0 Å². The van der Waals surface area contributed by atoms with Gasteiger partial charge in [-0.3, -0.25) is 4.79 Å². The lowest BCUT2D eigenvalue weighted by Gasteiger charge is -1.98. The van der Waals surface area contributed by atoms with E-state index in [1.807, 2.05) is 6.92 Å². The maximum absolute atomic E-state index is 11.1. The maximum Gasteiger partial charge on any atom is 0.354 e. The normalized spacial score (nSPS) is 24.6. The average molecular weight is 194 g/mol. The summed E-state index contributed by atoms with van der Waals surface area (Å²) in [6.07, 6.45) is 0.964. The van der Waals surface area contributed by atoms with E-state index >= 15 is 0 Å². The van der Waals surface area contributed by atoms with E-state index in [0.29, 0.717) is 11.7 Å². The van der Waals surface area contributed by atoms with Gasteiger partial charge in [0.25, 0.3) is 5.56 Å². The summed E-state index contributed by atoms with van der Waals surface area (Å²) in [5, 5.41) is 8.69. The Morgan fingerprint density at radius 3 is 2.86 bits per heavy atom. The molecule has 0 saturated heterocycles. The van der Waals surface area contributed by atoms with Crippen LogP contribution in [-0.2, 0) is 0 Å². The molecule has 0 radical (unpaired) electrons. The summed E-state index contributed by atoms with van der Waals surface area (Å²) in [6, 6.07) is 0.999. The van der Waals surface area contributed by atoms with Crippen molar-refractivity contribution in [2.24, 2.45) is 5.92 Å². The Kier molecular flexibility index (Phi) is 1.87. The van der Waals surface area contributed by atoms with Crippen molar-refractivity contribution in [3.05, 3.63) is 27.9 Å². The number of carboxylic acids is 1. The Labute approximate surface area is 79.8 Å². The molecular formula is C9H10N2O3. The first-order valence-corrected chi connectivity index (χ1v) is 4.42. The Morgan fingerprint density at radius 1 is 1.71 bits per heavy atom. The molecule has 5 heteroatoms. The van der Waals surface area contributed by atoms with E-state index in [2.05, 4.69) is 9.97 Å². The summed E-state index contributed by atoms with van der Waals surface area (Å²) in [4.78, 5) is 28.2. The van der Waals surface area contributed by atoms with Crippen LogP contribution in [0.15, 0.2) is 10.9 Å². The molecule has 0 aromatic carbocycles. The number of nitrogens with one attached hydrogen (secondary N) is 1. The lowest BCUT2D eigenvalue weighted by molar-refractivity contribution is 0.0689. The van der Waals surface area contributed by atoms with Crippen LogP contribution in [0.1, 0.15) is 35.6 Å². The van der Waals surface area contributed by atoms with E-state index in [9.17, 15) is 9.59 Å². The highest BCUT2D eigenvalue weighted by molar-refractivity contribution is 5.85. The van der Waals surface area contributed by atoms with Crippen LogP contribution in [0.5, 0.6) is 0 Å². The molecular weight excluding hydrogens is 184 g/mol. The number of aromatic amines is 1. The Morgan fingerprint density at radius 2 is 2.36 bits per heavy atom. The van der Waals surface area contributed by atoms with Crippen molar-refractivity contribution in [3.8, 4) is 0 Å². The minimum Gasteiger partial charge on any atom is -0.477 e. The molecule has 0 bridgehead atoms. The van der Waals surface area contributed by atoms with Gasteiger partial charge in [0.05, 0.1) is 0 Å². The van der Waals surface area contributed by atoms with E-state index in [-0.39, 0.29) is 11.6 Å². The van der Waals surface area contributed by atoms with Crippen LogP contribution in [0.4, 0.5) is 0 Å². The highest BCUT2D eigenvalue weighted by Crippen LogP contribution is 2.44. The fraction of sp³-hybridized carbons (Fsp3) is 0.444. The maximum atomic E-state index is 11.1. The molecule has 2 unspecified atom stereocenters. The summed E-state index contributed by atoms with van der Waals surface area (Å²) in [6.45, 7) is 2.04. The highest BCUT2D eigenvalue weighted by Gasteiger charge is 2.36. The van der Waals surface area contributed by atoms with Crippen LogP contribution in [0.2, 0.25) is 0 Å². The fourth-order valence-corrected chi connectivity index (χ4v) is 1.46. The van der Waals surface area contributed by atoms with Crippen molar-refractivity contribution < 1.29 is 9.90 Å². The molecule has 2 atom stereocenters. The second-order valence-electron chi connectivity index (χ2n) is 3.64. The predicted octanol–water partition coefficient (Wildman–Crippen LogP) is 0.591. The number of carbonyl (C=O) groups is 1. The highest BCUT2D eigenvalue weighted by atomic mass is 16.4. The Bertz CT molecular complexity index is 438. The zero-order valence-electron chi connectivity index (χ0n) is 7.65. The monoisotopic (exact) mass is 194 g/mol. The molecule has 1 fully saturated rings. The summed E-state index contributed by atoms with van der Waals surface area (Å²) in [7, 11) is 0. The van der Waals surface area contributed by atoms with Crippen molar-refractivity contribution >= 4 is 5.97 Å². The van der Waals surface area contributed by atoms with Crippen molar-refractivity contribution in [1.82, 2.24) is 9.97 Å². The van der Waals surface area contributed by atoms with Crippen molar-refractivity contribution in [2.75, 3.05) is 0 Å². The van der Waals surface area contributed by atoms with E-state index in [1.165, 1.54) is 0 Å². The van der Waals surface area contributed by atoms with Gasteiger partial charge in [-0.15, -0.1) is 0 Å². The van der Waals surface area contributed by atoms with Gasteiger partial charge in [0.2, 0.25) is 0 Å². The van der Waals surface area contributed by atoms with Gasteiger partial charge in [0, 0.05) is 12.0 Å². The molecule has 0 amide bonds. The second-order valence-corrected chi connectivity index (χ2v) is 3.64. The number of nitrogens with zero attached hydrogens (tertiary/aromatic N) is 1. The molecule has 2 rings (SSSR count). The van der Waals surface area contributed by atoms with Gasteiger partial charge < -0.3 is 10.1 Å². The van der Waals surface area contributed by atoms with Crippen LogP contribution < -0.4 is 5.56 Å². The molecule has 5 nitrogen and oxygen atoms in total. The molecule has 1 aliphatic rings. The van der Waals surface area contributed by atoms with Crippen molar-refractivity contribution in [2.45, 2.75) is 19.3 Å². The van der Waals surface area contributed by atoms with E-state index in [0.717, 1.165) is 12.5 Å². The number of aromatic nitrogens is 2. The van der Waals surface area contributed by atoms with E-state index in [4.69, 9.17) is 5.11 Å². The molecule has 1 aromatic rings. The molecule has 1 heterocycles. The molecule has 74 valence electrons. The van der Waals surface area contributed by atoms with Gasteiger partial charge >= 0.3 is 5.97 Å². The number of carboxylic acid groups (broad SMARTS) is 1. The Hall–Kier alpha value is -1.65. The van der Waals surface area contributed by atoms with E-state index < -0.39 is 11.5 Å². The summed E-state index contributed by atoms with van der Waals surface area (Å²) in [5.74, 6) is 0.0530. The molecule has 1 aromatic heterocycles. The van der Waals surface area contributed by atoms with Crippen LogP contribution in [0, 0.1) is 5.92 Å². The summed E-state index contributed by atoms with van der Waals surface area (Å²) in [5.41, 5.74) is -0.575. The first-order valence-electron chi connectivity index (χ1n) is 4.42. The molecule has 0 aliphatic heterocycles. The zero-order chi connectivity index (χ0) is 10.3. The largest absolute Gasteiger partial charge is 0.477 e. The SMILES string of the molecule is CC1CC1c1nc(C(=O)O)cc(=O)[nH]1. The predicted molar refractivity (Wildman–Crippen MR) is 48.3 cm³/mol. The lowest BCUT2D eigenvalue weighted by atomic mass is 10.3. The number of H-pyrrole nitrogens is 1. The molecule has 2 N–H and O–H groups in total. The number of rotatable bonds is 2. The van der Waals surface area contributed by atoms with Crippen molar-refractivity contribution in [1.29, 1.82) is 0 Å². The van der Waals surface area contributed by atoms with Gasteiger partial charge in [-0.25, -0.2) is 9.78 Å². The van der Waals surface area contributed by atoms with Gasteiger partial charge in [-0.2, -0.15) is 0 Å². The van der Waals surface area contributed by atoms with Gasteiger partial charge in [0.15, 0.2) is 5.69 Å². The number of hydrogen-bond acceptors (Lipinski definition) is 3. The first kappa shape index (κ1) is 8.93. The standard InChI is InChI=1S/C9H10N2O3/c1-4-2-5(4)8-10-6(9(13)14)3-7(12)11-8/h3-5H,2H2,1H3,(H,13,14)(H,10,11,12). The Balaban J connectivity index is 2.42. The third-order valence-electron chi connectivity index (χ3n) is 2.44. The number of aromatic carboxylic acids is 1. The van der Waals surface area contributed by atoms with Gasteiger partial charge in [0.1, 0.15) is 5.82 Å². The fourth-order valence-electron chi connectivity index (χ4n) is 1.46. The minimum atomic E-state index is -1.16. The third-order valence-corrected chi connectivity index (χ3v) is 2.44. The molecule has 0 spiro atoms. The van der Waals surface area contributed by atoms with Gasteiger partial charge in [-0.05, 0) is 12.3 Å². The number of hydrogen-bond donors (Lipinski definition) is 2. The summed E-state index contributed by atoms with van der Waals surface area (Å²) >= 11 is 0. The van der Waals surface area contributed by atoms with Crippen LogP contribution >= 0.6 is 0 Å². The topological polar surface area (TPSA) is 83.0 Å². The summed E-state index contributed by atoms with van der Waals surface area (Å²) < 4.78 is 0.